The molecule has 0 aromatic rings. The van der Waals surface area contributed by atoms with Crippen LogP contribution in [0.15, 0.2) is 0 Å². The summed E-state index contributed by atoms with van der Waals surface area (Å²) in [6.45, 7) is 6.59. The van der Waals surface area contributed by atoms with E-state index in [9.17, 15) is 8.42 Å². The smallest absolute Gasteiger partial charge is 0.279 e. The molecule has 4 unspecified atom stereocenters. The molecule has 1 aliphatic carbocycles. The highest BCUT2D eigenvalue weighted by atomic mass is 35.5. The van der Waals surface area contributed by atoms with Crippen molar-refractivity contribution in [2.45, 2.75) is 32.1 Å². The highest BCUT2D eigenvalue weighted by Crippen LogP contribution is 2.42. The first-order chi connectivity index (χ1) is 8.47. The summed E-state index contributed by atoms with van der Waals surface area (Å²) in [6.07, 6.45) is -0.0728. The predicted octanol–water partition coefficient (Wildman–Crippen LogP) is -0.430. The molecule has 112 valence electrons. The van der Waals surface area contributed by atoms with Crippen LogP contribution in [0.25, 0.3) is 0 Å². The van der Waals surface area contributed by atoms with E-state index in [-0.39, 0.29) is 30.7 Å². The van der Waals surface area contributed by atoms with E-state index in [0.29, 0.717) is 24.9 Å². The van der Waals surface area contributed by atoms with E-state index >= 15 is 0 Å². The van der Waals surface area contributed by atoms with E-state index in [1.54, 1.807) is 0 Å². The number of ether oxygens (including phenoxy) is 1. The molecule has 3 rings (SSSR count). The molecule has 19 heavy (non-hydrogen) atoms. The molecule has 2 N–H and O–H groups in total. The molecule has 2 heterocycles. The number of fused-ring (bicyclic) bond motifs is 1. The third kappa shape index (κ3) is 3.06. The zero-order valence-corrected chi connectivity index (χ0v) is 12.8. The van der Waals surface area contributed by atoms with Gasteiger partial charge in [-0.3, -0.25) is 0 Å². The van der Waals surface area contributed by atoms with Crippen molar-refractivity contribution in [2.75, 3.05) is 26.2 Å². The lowest BCUT2D eigenvalue weighted by molar-refractivity contribution is -0.0444. The Labute approximate surface area is 120 Å². The predicted molar refractivity (Wildman–Crippen MR) is 74.5 cm³/mol. The normalized spacial score (nSPS) is 42.5. The standard InChI is InChI=1S/C11H21N3O3S.ClH/c1-7-5-14(6-8(2)17-7)18(15,16)13-11-9-3-12-4-10(9)11;/h7-13H,3-6H2,1-2H3;1H. The fourth-order valence-corrected chi connectivity index (χ4v) is 4.82. The molecule has 0 bridgehead atoms. The lowest BCUT2D eigenvalue weighted by atomic mass is 10.3. The van der Waals surface area contributed by atoms with Gasteiger partial charge >= 0.3 is 0 Å². The van der Waals surface area contributed by atoms with Gasteiger partial charge in [0.05, 0.1) is 12.2 Å². The van der Waals surface area contributed by atoms with Gasteiger partial charge in [0, 0.05) is 19.1 Å². The number of halogens is 1. The maximum absolute atomic E-state index is 12.3. The minimum Gasteiger partial charge on any atom is -0.373 e. The number of nitrogens with one attached hydrogen (secondary N) is 2. The van der Waals surface area contributed by atoms with Gasteiger partial charge < -0.3 is 10.1 Å². The Morgan fingerprint density at radius 2 is 1.68 bits per heavy atom. The summed E-state index contributed by atoms with van der Waals surface area (Å²) in [4.78, 5) is 0. The van der Waals surface area contributed by atoms with Crippen molar-refractivity contribution >= 4 is 22.6 Å². The van der Waals surface area contributed by atoms with Crippen molar-refractivity contribution in [3.8, 4) is 0 Å². The van der Waals surface area contributed by atoms with Crippen molar-refractivity contribution in [3.05, 3.63) is 0 Å². The number of hydrogen-bond donors (Lipinski definition) is 2. The molecule has 0 amide bonds. The quantitative estimate of drug-likeness (QED) is 0.742. The summed E-state index contributed by atoms with van der Waals surface area (Å²) in [7, 11) is -3.35. The van der Waals surface area contributed by atoms with Gasteiger partial charge in [-0.1, -0.05) is 0 Å². The van der Waals surface area contributed by atoms with Crippen molar-refractivity contribution in [1.82, 2.24) is 14.3 Å². The summed E-state index contributed by atoms with van der Waals surface area (Å²) in [5.41, 5.74) is 0. The molecule has 0 spiro atoms. The number of morpholine rings is 1. The number of hydrogen-bond acceptors (Lipinski definition) is 4. The van der Waals surface area contributed by atoms with Crippen LogP contribution in [0.4, 0.5) is 0 Å². The van der Waals surface area contributed by atoms with Crippen LogP contribution in [-0.2, 0) is 14.9 Å². The third-order valence-electron chi connectivity index (χ3n) is 4.10. The Balaban J connectivity index is 0.00000133. The molecule has 8 heteroatoms. The van der Waals surface area contributed by atoms with Gasteiger partial charge in [-0.2, -0.15) is 17.4 Å². The first kappa shape index (κ1) is 15.5. The Kier molecular flexibility index (Phi) is 4.45. The van der Waals surface area contributed by atoms with Gasteiger partial charge in [-0.15, -0.1) is 12.4 Å². The topological polar surface area (TPSA) is 70.7 Å². The molecule has 0 aromatic heterocycles. The minimum atomic E-state index is -3.35. The highest BCUT2D eigenvalue weighted by molar-refractivity contribution is 7.87. The van der Waals surface area contributed by atoms with Gasteiger partial charge in [0.15, 0.2) is 0 Å². The lowest BCUT2D eigenvalue weighted by Gasteiger charge is -2.34. The van der Waals surface area contributed by atoms with E-state index in [1.807, 2.05) is 13.8 Å². The molecular formula is C11H22ClN3O3S. The van der Waals surface area contributed by atoms with E-state index in [4.69, 9.17) is 4.74 Å². The first-order valence-corrected chi connectivity index (χ1v) is 8.05. The van der Waals surface area contributed by atoms with Crippen molar-refractivity contribution < 1.29 is 13.2 Å². The number of nitrogens with zero attached hydrogens (tertiary/aromatic N) is 1. The van der Waals surface area contributed by atoms with Crippen molar-refractivity contribution in [3.63, 3.8) is 0 Å². The first-order valence-electron chi connectivity index (χ1n) is 6.61. The fourth-order valence-electron chi connectivity index (χ4n) is 3.17. The van der Waals surface area contributed by atoms with Crippen LogP contribution in [0.1, 0.15) is 13.8 Å². The molecule has 2 saturated heterocycles. The molecule has 0 aromatic carbocycles. The van der Waals surface area contributed by atoms with E-state index < -0.39 is 10.2 Å². The summed E-state index contributed by atoms with van der Waals surface area (Å²) >= 11 is 0. The largest absolute Gasteiger partial charge is 0.373 e. The second-order valence-corrected chi connectivity index (χ2v) is 7.41. The maximum Gasteiger partial charge on any atom is 0.279 e. The SMILES string of the molecule is CC1CN(S(=O)(=O)NC2C3CNCC32)CC(C)O1.Cl. The Morgan fingerprint density at radius 1 is 1.16 bits per heavy atom. The van der Waals surface area contributed by atoms with Gasteiger partial charge in [-0.25, -0.2) is 0 Å². The van der Waals surface area contributed by atoms with E-state index in [1.165, 1.54) is 4.31 Å². The van der Waals surface area contributed by atoms with Gasteiger partial charge in [0.1, 0.15) is 0 Å². The second kappa shape index (κ2) is 5.46. The molecule has 4 atom stereocenters. The van der Waals surface area contributed by atoms with Gasteiger partial charge in [0.25, 0.3) is 10.2 Å². The molecule has 3 aliphatic rings. The van der Waals surface area contributed by atoms with Crippen molar-refractivity contribution in [2.24, 2.45) is 11.8 Å². The Morgan fingerprint density at radius 3 is 2.21 bits per heavy atom. The van der Waals surface area contributed by atoms with Gasteiger partial charge in [0.2, 0.25) is 0 Å². The minimum absolute atomic E-state index is 0. The van der Waals surface area contributed by atoms with Crippen LogP contribution in [-0.4, -0.2) is 57.2 Å². The Bertz CT molecular complexity index is 413. The average molecular weight is 312 g/mol. The molecule has 3 fully saturated rings. The molecule has 1 saturated carbocycles. The van der Waals surface area contributed by atoms with Crippen LogP contribution in [0.3, 0.4) is 0 Å². The zero-order chi connectivity index (χ0) is 12.9. The van der Waals surface area contributed by atoms with Crippen LogP contribution in [0.5, 0.6) is 0 Å². The summed E-state index contributed by atoms with van der Waals surface area (Å²) in [6, 6.07) is 0.143. The van der Waals surface area contributed by atoms with Crippen LogP contribution < -0.4 is 10.0 Å². The average Bonchev–Trinajstić information content (AvgIpc) is 2.73. The van der Waals surface area contributed by atoms with Crippen LogP contribution in [0.2, 0.25) is 0 Å². The van der Waals surface area contributed by atoms with Crippen LogP contribution >= 0.6 is 12.4 Å². The monoisotopic (exact) mass is 311 g/mol. The molecular weight excluding hydrogens is 290 g/mol. The molecule has 0 radical (unpaired) electrons. The summed E-state index contributed by atoms with van der Waals surface area (Å²) in [5, 5.41) is 3.26. The zero-order valence-electron chi connectivity index (χ0n) is 11.2. The van der Waals surface area contributed by atoms with Crippen LogP contribution in [0, 0.1) is 11.8 Å². The van der Waals surface area contributed by atoms with Gasteiger partial charge in [-0.05, 0) is 38.8 Å². The Hall–Kier alpha value is 0.0800. The number of rotatable bonds is 3. The van der Waals surface area contributed by atoms with Crippen molar-refractivity contribution in [1.29, 1.82) is 0 Å². The fraction of sp³-hybridized carbons (Fsp3) is 1.00. The highest BCUT2D eigenvalue weighted by Gasteiger charge is 2.55. The third-order valence-corrected chi connectivity index (χ3v) is 5.65. The van der Waals surface area contributed by atoms with E-state index in [2.05, 4.69) is 10.0 Å². The summed E-state index contributed by atoms with van der Waals surface area (Å²) < 4.78 is 34.5. The van der Waals surface area contributed by atoms with E-state index in [0.717, 1.165) is 13.1 Å². The second-order valence-electron chi connectivity index (χ2n) is 5.71. The molecule has 2 aliphatic heterocycles. The lowest BCUT2D eigenvalue weighted by Crippen LogP contribution is -2.52. The summed E-state index contributed by atoms with van der Waals surface area (Å²) in [5.74, 6) is 0.992. The molecule has 6 nitrogen and oxygen atoms in total. The number of piperidine rings is 1. The maximum atomic E-state index is 12.3.